The number of anilines is 1. The molecular formula is C15H14BrN5O. The number of aromatic nitrogens is 4. The average molecular weight is 360 g/mol. The van der Waals surface area contributed by atoms with Gasteiger partial charge >= 0.3 is 0 Å². The van der Waals surface area contributed by atoms with E-state index in [0.29, 0.717) is 6.54 Å². The highest BCUT2D eigenvalue weighted by Crippen LogP contribution is 2.30. The first-order valence-electron chi connectivity index (χ1n) is 7.04. The summed E-state index contributed by atoms with van der Waals surface area (Å²) < 4.78 is 8.41. The van der Waals surface area contributed by atoms with E-state index in [4.69, 9.17) is 4.74 Å². The van der Waals surface area contributed by atoms with Crippen molar-refractivity contribution >= 4 is 32.8 Å². The standard InChI is InChI=1S/C15H14BrN5O/c1-21-15-12(13(16)20-21)14(18-8-19-15)17-7-10-6-9-4-2-3-5-11(9)22-10/h2-5,8,10H,6-7H2,1H3,(H,17,18,19). The van der Waals surface area contributed by atoms with E-state index < -0.39 is 0 Å². The lowest BCUT2D eigenvalue weighted by Crippen LogP contribution is -2.24. The van der Waals surface area contributed by atoms with Crippen molar-refractivity contribution in [3.63, 3.8) is 0 Å². The average Bonchev–Trinajstić information content (AvgIpc) is 3.07. The molecule has 0 aliphatic carbocycles. The topological polar surface area (TPSA) is 64.9 Å². The molecule has 4 rings (SSSR count). The largest absolute Gasteiger partial charge is 0.488 e. The molecule has 0 fully saturated rings. The van der Waals surface area contributed by atoms with Crippen LogP contribution < -0.4 is 10.1 Å². The van der Waals surface area contributed by atoms with Gasteiger partial charge in [0.2, 0.25) is 0 Å². The van der Waals surface area contributed by atoms with Crippen molar-refractivity contribution < 1.29 is 4.74 Å². The Bertz CT molecular complexity index is 822. The molecule has 1 aromatic carbocycles. The van der Waals surface area contributed by atoms with Gasteiger partial charge < -0.3 is 10.1 Å². The zero-order valence-corrected chi connectivity index (χ0v) is 13.5. The van der Waals surface area contributed by atoms with Crippen LogP contribution in [0.15, 0.2) is 35.2 Å². The van der Waals surface area contributed by atoms with Crippen LogP contribution in [0.2, 0.25) is 0 Å². The molecule has 0 radical (unpaired) electrons. The fourth-order valence-corrected chi connectivity index (χ4v) is 3.36. The Morgan fingerprint density at radius 3 is 3.09 bits per heavy atom. The van der Waals surface area contributed by atoms with Gasteiger partial charge in [0.25, 0.3) is 0 Å². The smallest absolute Gasteiger partial charge is 0.164 e. The molecule has 1 aliphatic heterocycles. The number of halogens is 1. The Morgan fingerprint density at radius 1 is 1.36 bits per heavy atom. The first kappa shape index (κ1) is 13.5. The summed E-state index contributed by atoms with van der Waals surface area (Å²) in [5, 5.41) is 8.57. The van der Waals surface area contributed by atoms with E-state index in [9.17, 15) is 0 Å². The predicted molar refractivity (Wildman–Crippen MR) is 87.1 cm³/mol. The lowest BCUT2D eigenvalue weighted by Gasteiger charge is -2.12. The van der Waals surface area contributed by atoms with Gasteiger partial charge in [-0.05, 0) is 27.6 Å². The Labute approximate surface area is 135 Å². The van der Waals surface area contributed by atoms with Gasteiger partial charge in [-0.3, -0.25) is 0 Å². The van der Waals surface area contributed by atoms with Crippen LogP contribution in [0, 0.1) is 0 Å². The highest BCUT2D eigenvalue weighted by Gasteiger charge is 2.23. The van der Waals surface area contributed by atoms with Gasteiger partial charge in [0.1, 0.15) is 28.6 Å². The Kier molecular flexibility index (Phi) is 3.22. The van der Waals surface area contributed by atoms with E-state index in [1.807, 2.05) is 25.2 Å². The second-order valence-electron chi connectivity index (χ2n) is 5.27. The van der Waals surface area contributed by atoms with E-state index in [0.717, 1.165) is 33.6 Å². The van der Waals surface area contributed by atoms with Crippen LogP contribution in [0.5, 0.6) is 5.75 Å². The Hall–Kier alpha value is -2.15. The molecule has 3 aromatic rings. The molecule has 7 heteroatoms. The molecular weight excluding hydrogens is 346 g/mol. The summed E-state index contributed by atoms with van der Waals surface area (Å²) in [6.07, 6.45) is 2.56. The molecule has 0 saturated carbocycles. The van der Waals surface area contributed by atoms with Crippen molar-refractivity contribution in [1.82, 2.24) is 19.7 Å². The summed E-state index contributed by atoms with van der Waals surface area (Å²) >= 11 is 3.46. The number of nitrogens with zero attached hydrogens (tertiary/aromatic N) is 4. The second kappa shape index (κ2) is 5.24. The summed E-state index contributed by atoms with van der Waals surface area (Å²) in [5.74, 6) is 1.74. The Morgan fingerprint density at radius 2 is 2.23 bits per heavy atom. The van der Waals surface area contributed by atoms with Crippen molar-refractivity contribution in [2.45, 2.75) is 12.5 Å². The third-order valence-corrected chi connectivity index (χ3v) is 4.34. The van der Waals surface area contributed by atoms with E-state index >= 15 is 0 Å². The molecule has 112 valence electrons. The number of rotatable bonds is 3. The number of hydrogen-bond acceptors (Lipinski definition) is 5. The molecule has 0 spiro atoms. The molecule has 0 amide bonds. The van der Waals surface area contributed by atoms with Gasteiger partial charge in [0.05, 0.1) is 11.9 Å². The van der Waals surface area contributed by atoms with E-state index in [2.05, 4.69) is 42.4 Å². The van der Waals surface area contributed by atoms with E-state index in [1.54, 1.807) is 11.0 Å². The fourth-order valence-electron chi connectivity index (χ4n) is 2.75. The molecule has 2 aromatic heterocycles. The molecule has 1 aliphatic rings. The van der Waals surface area contributed by atoms with Crippen molar-refractivity contribution in [2.24, 2.45) is 7.05 Å². The summed E-state index contributed by atoms with van der Waals surface area (Å²) in [4.78, 5) is 8.59. The molecule has 1 N–H and O–H groups in total. The van der Waals surface area contributed by atoms with Gasteiger partial charge in [0, 0.05) is 13.5 Å². The van der Waals surface area contributed by atoms with Crippen molar-refractivity contribution in [3.05, 3.63) is 40.8 Å². The molecule has 0 saturated heterocycles. The van der Waals surface area contributed by atoms with Crippen LogP contribution in [-0.4, -0.2) is 32.4 Å². The van der Waals surface area contributed by atoms with Gasteiger partial charge in [-0.25, -0.2) is 14.6 Å². The Balaban J connectivity index is 1.54. The summed E-state index contributed by atoms with van der Waals surface area (Å²) in [5.41, 5.74) is 2.05. The molecule has 1 unspecified atom stereocenters. The van der Waals surface area contributed by atoms with Gasteiger partial charge in [-0.1, -0.05) is 18.2 Å². The maximum atomic E-state index is 5.94. The van der Waals surface area contributed by atoms with Crippen molar-refractivity contribution in [2.75, 3.05) is 11.9 Å². The second-order valence-corrected chi connectivity index (χ2v) is 6.02. The zero-order chi connectivity index (χ0) is 15.1. The first-order valence-corrected chi connectivity index (χ1v) is 7.83. The van der Waals surface area contributed by atoms with Crippen LogP contribution >= 0.6 is 15.9 Å². The molecule has 1 atom stereocenters. The number of ether oxygens (including phenoxy) is 1. The van der Waals surface area contributed by atoms with E-state index in [-0.39, 0.29) is 6.10 Å². The van der Waals surface area contributed by atoms with Gasteiger partial charge in [0.15, 0.2) is 5.65 Å². The van der Waals surface area contributed by atoms with Crippen LogP contribution in [0.25, 0.3) is 11.0 Å². The molecule has 0 bridgehead atoms. The normalized spacial score (nSPS) is 16.5. The monoisotopic (exact) mass is 359 g/mol. The fraction of sp³-hybridized carbons (Fsp3) is 0.267. The maximum absolute atomic E-state index is 5.94. The highest BCUT2D eigenvalue weighted by molar-refractivity contribution is 9.10. The SMILES string of the molecule is Cn1nc(Br)c2c(NCC3Cc4ccccc4O3)ncnc21. The third kappa shape index (κ3) is 2.21. The number of hydrogen-bond donors (Lipinski definition) is 1. The van der Waals surface area contributed by atoms with Crippen molar-refractivity contribution in [3.8, 4) is 5.75 Å². The zero-order valence-electron chi connectivity index (χ0n) is 12.0. The lowest BCUT2D eigenvalue weighted by molar-refractivity contribution is 0.246. The number of para-hydroxylation sites is 1. The minimum atomic E-state index is 0.109. The predicted octanol–water partition coefficient (Wildman–Crippen LogP) is 2.54. The molecule has 3 heterocycles. The number of benzene rings is 1. The molecule has 22 heavy (non-hydrogen) atoms. The minimum Gasteiger partial charge on any atom is -0.488 e. The van der Waals surface area contributed by atoms with E-state index in [1.165, 1.54) is 5.56 Å². The summed E-state index contributed by atoms with van der Waals surface area (Å²) in [7, 11) is 1.86. The van der Waals surface area contributed by atoms with Crippen molar-refractivity contribution in [1.29, 1.82) is 0 Å². The van der Waals surface area contributed by atoms with Crippen LogP contribution in [0.1, 0.15) is 5.56 Å². The number of nitrogens with one attached hydrogen (secondary N) is 1. The third-order valence-electron chi connectivity index (χ3n) is 3.79. The minimum absolute atomic E-state index is 0.109. The molecule has 6 nitrogen and oxygen atoms in total. The number of fused-ring (bicyclic) bond motifs is 2. The van der Waals surface area contributed by atoms with Gasteiger partial charge in [-0.15, -0.1) is 0 Å². The maximum Gasteiger partial charge on any atom is 0.164 e. The summed E-state index contributed by atoms with van der Waals surface area (Å²) in [6.45, 7) is 0.683. The lowest BCUT2D eigenvalue weighted by atomic mass is 10.1. The van der Waals surface area contributed by atoms with Crippen LogP contribution in [0.3, 0.4) is 0 Å². The summed E-state index contributed by atoms with van der Waals surface area (Å²) in [6, 6.07) is 8.15. The quantitative estimate of drug-likeness (QED) is 0.778. The number of aryl methyl sites for hydroxylation is 1. The highest BCUT2D eigenvalue weighted by atomic mass is 79.9. The first-order chi connectivity index (χ1) is 10.7. The van der Waals surface area contributed by atoms with Crippen LogP contribution in [-0.2, 0) is 13.5 Å². The van der Waals surface area contributed by atoms with Gasteiger partial charge in [-0.2, -0.15) is 5.10 Å². The van der Waals surface area contributed by atoms with Crippen LogP contribution in [0.4, 0.5) is 5.82 Å².